The molecular formula is C17H26N2O. The first-order valence-electron chi connectivity index (χ1n) is 7.62. The van der Waals surface area contributed by atoms with Crippen molar-refractivity contribution in [2.75, 3.05) is 13.1 Å². The lowest BCUT2D eigenvalue weighted by molar-refractivity contribution is -0.121. The summed E-state index contributed by atoms with van der Waals surface area (Å²) in [5, 5.41) is 6.57. The predicted molar refractivity (Wildman–Crippen MR) is 82.8 cm³/mol. The van der Waals surface area contributed by atoms with E-state index in [1.54, 1.807) is 0 Å². The highest BCUT2D eigenvalue weighted by molar-refractivity contribution is 5.79. The summed E-state index contributed by atoms with van der Waals surface area (Å²) in [7, 11) is 0. The van der Waals surface area contributed by atoms with Crippen LogP contribution in [0.3, 0.4) is 0 Å². The molecule has 2 unspecified atom stereocenters. The van der Waals surface area contributed by atoms with Crippen molar-refractivity contribution >= 4 is 5.91 Å². The normalized spacial score (nSPS) is 20.4. The fourth-order valence-electron chi connectivity index (χ4n) is 2.89. The van der Waals surface area contributed by atoms with E-state index in [-0.39, 0.29) is 11.9 Å². The van der Waals surface area contributed by atoms with E-state index in [9.17, 15) is 4.79 Å². The Labute approximate surface area is 122 Å². The Kier molecular flexibility index (Phi) is 5.18. The van der Waals surface area contributed by atoms with Crippen LogP contribution in [0.25, 0.3) is 0 Å². The van der Waals surface area contributed by atoms with E-state index < -0.39 is 0 Å². The number of rotatable bonds is 4. The number of benzene rings is 1. The van der Waals surface area contributed by atoms with Gasteiger partial charge in [0.25, 0.3) is 0 Å². The van der Waals surface area contributed by atoms with Gasteiger partial charge in [0.2, 0.25) is 5.91 Å². The lowest BCUT2D eigenvalue weighted by Crippen LogP contribution is -2.45. The standard InChI is InChI=1S/C17H26N2O/c1-12-6-7-13(2)16(9-12)10-17(20)19-14(3)15-5-4-8-18-11-15/h6-7,9,14-15,18H,4-5,8,10-11H2,1-3H3,(H,19,20). The fourth-order valence-corrected chi connectivity index (χ4v) is 2.89. The van der Waals surface area contributed by atoms with E-state index in [4.69, 9.17) is 0 Å². The SMILES string of the molecule is Cc1ccc(C)c(CC(=O)NC(C)C2CCCNC2)c1. The summed E-state index contributed by atoms with van der Waals surface area (Å²) >= 11 is 0. The van der Waals surface area contributed by atoms with E-state index in [2.05, 4.69) is 49.6 Å². The number of piperidine rings is 1. The Morgan fingerprint density at radius 2 is 2.25 bits per heavy atom. The first-order chi connectivity index (χ1) is 9.56. The molecule has 1 aromatic carbocycles. The molecule has 0 aliphatic carbocycles. The monoisotopic (exact) mass is 274 g/mol. The molecular weight excluding hydrogens is 248 g/mol. The second-order valence-electron chi connectivity index (χ2n) is 6.07. The number of amides is 1. The highest BCUT2D eigenvalue weighted by atomic mass is 16.1. The van der Waals surface area contributed by atoms with Crippen LogP contribution in [0, 0.1) is 19.8 Å². The number of carbonyl (C=O) groups is 1. The molecule has 3 nitrogen and oxygen atoms in total. The van der Waals surface area contributed by atoms with Crippen molar-refractivity contribution in [1.29, 1.82) is 0 Å². The van der Waals surface area contributed by atoms with Gasteiger partial charge in [0.15, 0.2) is 0 Å². The van der Waals surface area contributed by atoms with Crippen molar-refractivity contribution in [3.05, 3.63) is 34.9 Å². The second kappa shape index (κ2) is 6.89. The molecule has 2 rings (SSSR count). The number of carbonyl (C=O) groups excluding carboxylic acids is 1. The zero-order chi connectivity index (χ0) is 14.5. The number of aryl methyl sites for hydroxylation is 2. The zero-order valence-corrected chi connectivity index (χ0v) is 12.8. The predicted octanol–water partition coefficient (Wildman–Crippen LogP) is 2.35. The Balaban J connectivity index is 1.89. The molecule has 1 aromatic rings. The molecule has 1 aliphatic rings. The molecule has 0 aromatic heterocycles. The quantitative estimate of drug-likeness (QED) is 0.885. The van der Waals surface area contributed by atoms with Gasteiger partial charge >= 0.3 is 0 Å². The average molecular weight is 274 g/mol. The van der Waals surface area contributed by atoms with E-state index in [0.717, 1.165) is 18.7 Å². The van der Waals surface area contributed by atoms with E-state index >= 15 is 0 Å². The van der Waals surface area contributed by atoms with Crippen LogP contribution in [0.1, 0.15) is 36.5 Å². The molecule has 1 heterocycles. The van der Waals surface area contributed by atoms with E-state index in [1.807, 2.05) is 0 Å². The van der Waals surface area contributed by atoms with E-state index in [0.29, 0.717) is 12.3 Å². The van der Waals surface area contributed by atoms with Gasteiger partial charge in [0.05, 0.1) is 6.42 Å². The van der Waals surface area contributed by atoms with Crippen LogP contribution in [-0.4, -0.2) is 25.0 Å². The maximum Gasteiger partial charge on any atom is 0.224 e. The van der Waals surface area contributed by atoms with Gasteiger partial charge in [0, 0.05) is 6.04 Å². The molecule has 3 heteroatoms. The van der Waals surface area contributed by atoms with Crippen molar-refractivity contribution in [3.8, 4) is 0 Å². The second-order valence-corrected chi connectivity index (χ2v) is 6.07. The minimum atomic E-state index is 0.136. The molecule has 2 N–H and O–H groups in total. The zero-order valence-electron chi connectivity index (χ0n) is 12.8. The summed E-state index contributed by atoms with van der Waals surface area (Å²) in [6, 6.07) is 6.54. The number of nitrogens with one attached hydrogen (secondary N) is 2. The van der Waals surface area contributed by atoms with Crippen LogP contribution in [0.15, 0.2) is 18.2 Å². The highest BCUT2D eigenvalue weighted by Crippen LogP contribution is 2.15. The molecule has 1 amide bonds. The maximum absolute atomic E-state index is 12.2. The fraction of sp³-hybridized carbons (Fsp3) is 0.588. The largest absolute Gasteiger partial charge is 0.353 e. The molecule has 0 saturated carbocycles. The van der Waals surface area contributed by atoms with Crippen molar-refractivity contribution in [3.63, 3.8) is 0 Å². The molecule has 0 bridgehead atoms. The first-order valence-corrected chi connectivity index (χ1v) is 7.62. The maximum atomic E-state index is 12.2. The lowest BCUT2D eigenvalue weighted by atomic mass is 9.92. The highest BCUT2D eigenvalue weighted by Gasteiger charge is 2.21. The van der Waals surface area contributed by atoms with Crippen LogP contribution in [0.4, 0.5) is 0 Å². The topological polar surface area (TPSA) is 41.1 Å². The molecule has 0 spiro atoms. The molecule has 20 heavy (non-hydrogen) atoms. The van der Waals surface area contributed by atoms with Gasteiger partial charge in [-0.2, -0.15) is 0 Å². The molecule has 1 aliphatic heterocycles. The molecule has 1 saturated heterocycles. The smallest absolute Gasteiger partial charge is 0.224 e. The average Bonchev–Trinajstić information content (AvgIpc) is 2.43. The summed E-state index contributed by atoms with van der Waals surface area (Å²) in [4.78, 5) is 12.2. The van der Waals surface area contributed by atoms with Gasteiger partial charge in [-0.1, -0.05) is 23.8 Å². The Morgan fingerprint density at radius 1 is 1.45 bits per heavy atom. The Hall–Kier alpha value is -1.35. The third-order valence-corrected chi connectivity index (χ3v) is 4.29. The Bertz CT molecular complexity index is 464. The van der Waals surface area contributed by atoms with Crippen LogP contribution in [0.2, 0.25) is 0 Å². The van der Waals surface area contributed by atoms with Gasteiger partial charge in [0.1, 0.15) is 0 Å². The van der Waals surface area contributed by atoms with E-state index in [1.165, 1.54) is 24.0 Å². The number of hydrogen-bond acceptors (Lipinski definition) is 2. The van der Waals surface area contributed by atoms with Crippen LogP contribution < -0.4 is 10.6 Å². The molecule has 0 radical (unpaired) electrons. The van der Waals surface area contributed by atoms with Crippen LogP contribution in [-0.2, 0) is 11.2 Å². The molecule has 2 atom stereocenters. The third-order valence-electron chi connectivity index (χ3n) is 4.29. The molecule has 1 fully saturated rings. The minimum absolute atomic E-state index is 0.136. The molecule has 110 valence electrons. The summed E-state index contributed by atoms with van der Waals surface area (Å²) < 4.78 is 0. The van der Waals surface area contributed by atoms with Gasteiger partial charge in [-0.25, -0.2) is 0 Å². The van der Waals surface area contributed by atoms with Crippen molar-refractivity contribution in [1.82, 2.24) is 10.6 Å². The van der Waals surface area contributed by atoms with Crippen molar-refractivity contribution in [2.45, 2.75) is 46.1 Å². The number of hydrogen-bond donors (Lipinski definition) is 2. The Morgan fingerprint density at radius 3 is 2.95 bits per heavy atom. The van der Waals surface area contributed by atoms with Crippen molar-refractivity contribution < 1.29 is 4.79 Å². The minimum Gasteiger partial charge on any atom is -0.353 e. The first kappa shape index (κ1) is 15.0. The summed E-state index contributed by atoms with van der Waals surface area (Å²) in [5.41, 5.74) is 3.54. The van der Waals surface area contributed by atoms with Gasteiger partial charge in [-0.05, 0) is 63.7 Å². The van der Waals surface area contributed by atoms with Crippen molar-refractivity contribution in [2.24, 2.45) is 5.92 Å². The third kappa shape index (κ3) is 4.07. The summed E-state index contributed by atoms with van der Waals surface area (Å²) in [5.74, 6) is 0.697. The van der Waals surface area contributed by atoms with Gasteiger partial charge in [-0.3, -0.25) is 4.79 Å². The van der Waals surface area contributed by atoms with Crippen LogP contribution >= 0.6 is 0 Å². The lowest BCUT2D eigenvalue weighted by Gasteiger charge is -2.29. The van der Waals surface area contributed by atoms with Gasteiger partial charge in [-0.15, -0.1) is 0 Å². The summed E-state index contributed by atoms with van der Waals surface area (Å²) in [6.45, 7) is 8.39. The van der Waals surface area contributed by atoms with Crippen LogP contribution in [0.5, 0.6) is 0 Å². The summed E-state index contributed by atoms with van der Waals surface area (Å²) in [6.07, 6.45) is 2.90. The van der Waals surface area contributed by atoms with Gasteiger partial charge < -0.3 is 10.6 Å².